The highest BCUT2D eigenvalue weighted by Crippen LogP contribution is 2.24. The fourth-order valence-electron chi connectivity index (χ4n) is 2.39. The highest BCUT2D eigenvalue weighted by Gasteiger charge is 2.31. The van der Waals surface area contributed by atoms with Crippen LogP contribution in [0.3, 0.4) is 0 Å². The maximum atomic E-state index is 11.8. The number of morpholine rings is 1. The van der Waals surface area contributed by atoms with E-state index in [1.54, 1.807) is 0 Å². The lowest BCUT2D eigenvalue weighted by molar-refractivity contribution is -0.153. The molecule has 0 aromatic carbocycles. The maximum absolute atomic E-state index is 11.8. The summed E-state index contributed by atoms with van der Waals surface area (Å²) in [7, 11) is 1.41. The standard InChI is InChI=1S/C13H20BrN3O3/c1-4-17-10(12(14)9(2)15-17)7-16-5-6-20-8-11(16)13(18)19-3/h11H,4-8H2,1-3H3. The van der Waals surface area contributed by atoms with Gasteiger partial charge in [-0.05, 0) is 29.8 Å². The summed E-state index contributed by atoms with van der Waals surface area (Å²) in [6, 6.07) is -0.346. The van der Waals surface area contributed by atoms with E-state index in [-0.39, 0.29) is 12.0 Å². The monoisotopic (exact) mass is 345 g/mol. The summed E-state index contributed by atoms with van der Waals surface area (Å²) in [6.45, 7) is 7.19. The Morgan fingerprint density at radius 1 is 1.60 bits per heavy atom. The third-order valence-electron chi connectivity index (χ3n) is 3.52. The second-order valence-electron chi connectivity index (χ2n) is 4.75. The molecule has 0 spiro atoms. The van der Waals surface area contributed by atoms with Crippen molar-refractivity contribution in [1.29, 1.82) is 0 Å². The first kappa shape index (κ1) is 15.5. The number of ether oxygens (including phenoxy) is 2. The molecule has 1 aromatic heterocycles. The minimum atomic E-state index is -0.346. The van der Waals surface area contributed by atoms with Gasteiger partial charge in [-0.25, -0.2) is 0 Å². The Morgan fingerprint density at radius 3 is 3.00 bits per heavy atom. The molecule has 1 aliphatic rings. The number of aromatic nitrogens is 2. The molecule has 1 unspecified atom stereocenters. The van der Waals surface area contributed by atoms with Gasteiger partial charge < -0.3 is 9.47 Å². The van der Waals surface area contributed by atoms with Gasteiger partial charge in [0.25, 0.3) is 0 Å². The molecule has 0 bridgehead atoms. The van der Waals surface area contributed by atoms with Crippen LogP contribution in [-0.2, 0) is 27.4 Å². The van der Waals surface area contributed by atoms with Gasteiger partial charge in [-0.15, -0.1) is 0 Å². The van der Waals surface area contributed by atoms with Crippen molar-refractivity contribution in [2.45, 2.75) is 33.0 Å². The number of carbonyl (C=O) groups excluding carboxylic acids is 1. The van der Waals surface area contributed by atoms with Crippen LogP contribution in [0.5, 0.6) is 0 Å². The molecule has 7 heteroatoms. The molecular formula is C13H20BrN3O3. The minimum Gasteiger partial charge on any atom is -0.468 e. The maximum Gasteiger partial charge on any atom is 0.325 e. The molecule has 20 heavy (non-hydrogen) atoms. The molecule has 0 radical (unpaired) electrons. The lowest BCUT2D eigenvalue weighted by Gasteiger charge is -2.33. The predicted molar refractivity (Wildman–Crippen MR) is 77.4 cm³/mol. The van der Waals surface area contributed by atoms with E-state index in [2.05, 4.69) is 32.9 Å². The van der Waals surface area contributed by atoms with Gasteiger partial charge in [-0.3, -0.25) is 14.4 Å². The number of carbonyl (C=O) groups is 1. The summed E-state index contributed by atoms with van der Waals surface area (Å²) >= 11 is 3.59. The number of halogens is 1. The highest BCUT2D eigenvalue weighted by atomic mass is 79.9. The molecular weight excluding hydrogens is 326 g/mol. The number of hydrogen-bond acceptors (Lipinski definition) is 5. The predicted octanol–water partition coefficient (Wildman–Crippen LogP) is 1.35. The molecule has 6 nitrogen and oxygen atoms in total. The minimum absolute atomic E-state index is 0.250. The Kier molecular flexibility index (Phi) is 5.17. The second-order valence-corrected chi connectivity index (χ2v) is 5.54. The van der Waals surface area contributed by atoms with Gasteiger partial charge in [-0.1, -0.05) is 0 Å². The molecule has 2 heterocycles. The Hall–Kier alpha value is -0.920. The molecule has 0 aliphatic carbocycles. The fourth-order valence-corrected chi connectivity index (χ4v) is 2.80. The van der Waals surface area contributed by atoms with Crippen LogP contribution in [0.25, 0.3) is 0 Å². The molecule has 1 aliphatic heterocycles. The summed E-state index contributed by atoms with van der Waals surface area (Å²) in [5.41, 5.74) is 2.05. The lowest BCUT2D eigenvalue weighted by Crippen LogP contribution is -2.50. The van der Waals surface area contributed by atoms with Crippen LogP contribution in [0.4, 0.5) is 0 Å². The van der Waals surface area contributed by atoms with Gasteiger partial charge in [0.1, 0.15) is 6.04 Å². The average molecular weight is 346 g/mol. The van der Waals surface area contributed by atoms with Crippen LogP contribution in [-0.4, -0.2) is 53.6 Å². The van der Waals surface area contributed by atoms with Crippen LogP contribution in [0.15, 0.2) is 4.47 Å². The Balaban J connectivity index is 2.20. The van der Waals surface area contributed by atoms with E-state index < -0.39 is 0 Å². The third-order valence-corrected chi connectivity index (χ3v) is 4.55. The van der Waals surface area contributed by atoms with Gasteiger partial charge in [-0.2, -0.15) is 5.10 Å². The zero-order valence-electron chi connectivity index (χ0n) is 12.1. The lowest BCUT2D eigenvalue weighted by atomic mass is 10.2. The van der Waals surface area contributed by atoms with E-state index in [4.69, 9.17) is 9.47 Å². The van der Waals surface area contributed by atoms with E-state index in [1.165, 1.54) is 7.11 Å². The highest BCUT2D eigenvalue weighted by molar-refractivity contribution is 9.10. The van der Waals surface area contributed by atoms with E-state index >= 15 is 0 Å². The van der Waals surface area contributed by atoms with Crippen LogP contribution < -0.4 is 0 Å². The summed E-state index contributed by atoms with van der Waals surface area (Å²) in [6.07, 6.45) is 0. The number of methoxy groups -OCH3 is 1. The number of esters is 1. The molecule has 1 saturated heterocycles. The molecule has 0 saturated carbocycles. The summed E-state index contributed by atoms with van der Waals surface area (Å²) in [5, 5.41) is 4.48. The number of aryl methyl sites for hydroxylation is 2. The fraction of sp³-hybridized carbons (Fsp3) is 0.692. The summed E-state index contributed by atoms with van der Waals surface area (Å²) in [4.78, 5) is 13.9. The number of nitrogens with zero attached hydrogens (tertiary/aromatic N) is 3. The van der Waals surface area contributed by atoms with Crippen molar-refractivity contribution in [3.63, 3.8) is 0 Å². The van der Waals surface area contributed by atoms with Crippen molar-refractivity contribution >= 4 is 21.9 Å². The normalized spacial score (nSPS) is 20.1. The first-order chi connectivity index (χ1) is 9.58. The van der Waals surface area contributed by atoms with Crippen LogP contribution >= 0.6 is 15.9 Å². The first-order valence-electron chi connectivity index (χ1n) is 6.69. The smallest absolute Gasteiger partial charge is 0.325 e. The molecule has 0 amide bonds. The van der Waals surface area contributed by atoms with Gasteiger partial charge in [0.2, 0.25) is 0 Å². The van der Waals surface area contributed by atoms with Crippen molar-refractivity contribution in [3.05, 3.63) is 15.9 Å². The van der Waals surface area contributed by atoms with Crippen LogP contribution in [0, 0.1) is 6.92 Å². The summed E-state index contributed by atoms with van der Waals surface area (Å²) in [5.74, 6) is -0.250. The Labute approximate surface area is 127 Å². The van der Waals surface area contributed by atoms with Crippen molar-refractivity contribution < 1.29 is 14.3 Å². The van der Waals surface area contributed by atoms with E-state index in [0.717, 1.165) is 22.4 Å². The molecule has 2 rings (SSSR count). The van der Waals surface area contributed by atoms with Crippen molar-refractivity contribution in [1.82, 2.24) is 14.7 Å². The Morgan fingerprint density at radius 2 is 2.35 bits per heavy atom. The van der Waals surface area contributed by atoms with Gasteiger partial charge in [0.05, 0.1) is 36.2 Å². The SMILES string of the molecule is CCn1nc(C)c(Br)c1CN1CCOCC1C(=O)OC. The topological polar surface area (TPSA) is 56.6 Å². The largest absolute Gasteiger partial charge is 0.468 e. The van der Waals surface area contributed by atoms with Crippen LogP contribution in [0.2, 0.25) is 0 Å². The van der Waals surface area contributed by atoms with Crippen molar-refractivity contribution in [3.8, 4) is 0 Å². The van der Waals surface area contributed by atoms with Gasteiger partial charge in [0, 0.05) is 19.6 Å². The average Bonchev–Trinajstić information content (AvgIpc) is 2.74. The van der Waals surface area contributed by atoms with E-state index in [1.807, 2.05) is 11.6 Å². The molecule has 1 fully saturated rings. The second kappa shape index (κ2) is 6.69. The first-order valence-corrected chi connectivity index (χ1v) is 7.49. The molecule has 0 N–H and O–H groups in total. The van der Waals surface area contributed by atoms with Gasteiger partial charge in [0.15, 0.2) is 0 Å². The van der Waals surface area contributed by atoms with E-state index in [9.17, 15) is 4.79 Å². The summed E-state index contributed by atoms with van der Waals surface area (Å²) < 4.78 is 13.2. The molecule has 1 atom stereocenters. The number of rotatable bonds is 4. The van der Waals surface area contributed by atoms with Crippen molar-refractivity contribution in [2.24, 2.45) is 0 Å². The quantitative estimate of drug-likeness (QED) is 0.771. The Bertz CT molecular complexity index is 489. The van der Waals surface area contributed by atoms with Crippen molar-refractivity contribution in [2.75, 3.05) is 26.9 Å². The zero-order chi connectivity index (χ0) is 14.7. The van der Waals surface area contributed by atoms with Gasteiger partial charge >= 0.3 is 5.97 Å². The zero-order valence-corrected chi connectivity index (χ0v) is 13.6. The van der Waals surface area contributed by atoms with Crippen LogP contribution in [0.1, 0.15) is 18.3 Å². The molecule has 1 aromatic rings. The number of hydrogen-bond donors (Lipinski definition) is 0. The van der Waals surface area contributed by atoms with E-state index in [0.29, 0.717) is 26.3 Å². The third kappa shape index (κ3) is 3.05. The molecule has 112 valence electrons.